The number of hydrogen-bond donors (Lipinski definition) is 0. The third-order valence-corrected chi connectivity index (χ3v) is 2.22. The van der Waals surface area contributed by atoms with Crippen LogP contribution in [-0.2, 0) is 4.74 Å². The van der Waals surface area contributed by atoms with Crippen LogP contribution in [0.25, 0.3) is 0 Å². The van der Waals surface area contributed by atoms with Crippen LogP contribution < -0.4 is 0 Å². The molecule has 1 heterocycles. The molecule has 15 heavy (non-hydrogen) atoms. The van der Waals surface area contributed by atoms with Crippen LogP contribution in [0.1, 0.15) is 41.9 Å². The summed E-state index contributed by atoms with van der Waals surface area (Å²) in [7, 11) is 0. The van der Waals surface area contributed by atoms with E-state index in [1.165, 1.54) is 0 Å². The van der Waals surface area contributed by atoms with E-state index in [2.05, 4.69) is 10.2 Å². The summed E-state index contributed by atoms with van der Waals surface area (Å²) in [5.41, 5.74) is 0.293. The van der Waals surface area contributed by atoms with Gasteiger partial charge in [-0.3, -0.25) is 0 Å². The van der Waals surface area contributed by atoms with Crippen LogP contribution in [0.4, 0.5) is 4.39 Å². The van der Waals surface area contributed by atoms with Gasteiger partial charge < -0.3 is 4.74 Å². The van der Waals surface area contributed by atoms with Gasteiger partial charge in [-0.05, 0) is 19.8 Å². The summed E-state index contributed by atoms with van der Waals surface area (Å²) in [5.74, 6) is -0.907. The van der Waals surface area contributed by atoms with Gasteiger partial charge in [0.15, 0.2) is 5.69 Å². The number of aromatic nitrogens is 2. The first kappa shape index (κ1) is 10.0. The molecule has 2 rings (SSSR count). The highest BCUT2D eigenvalue weighted by atomic mass is 19.1. The lowest BCUT2D eigenvalue weighted by molar-refractivity contribution is 0.0517. The molecule has 0 aliphatic heterocycles. The van der Waals surface area contributed by atoms with E-state index in [9.17, 15) is 9.18 Å². The van der Waals surface area contributed by atoms with Gasteiger partial charge in [0.2, 0.25) is 0 Å². The Kier molecular flexibility index (Phi) is 2.62. The van der Waals surface area contributed by atoms with E-state index >= 15 is 0 Å². The maximum Gasteiger partial charge on any atom is 0.358 e. The fraction of sp³-hybridized carbons (Fsp3) is 0.500. The van der Waals surface area contributed by atoms with Crippen LogP contribution in [0.2, 0.25) is 0 Å². The SMILES string of the molecule is CCOC(=O)c1cc(F)c(C2CC2)nn1. The standard InChI is InChI=1S/C10H11FN2O2/c1-2-15-10(14)8-5-7(11)9(13-12-8)6-3-4-6/h5-6H,2-4H2,1H3. The van der Waals surface area contributed by atoms with Gasteiger partial charge in [-0.2, -0.15) is 5.10 Å². The first-order valence-electron chi connectivity index (χ1n) is 4.92. The van der Waals surface area contributed by atoms with E-state index in [0.29, 0.717) is 5.69 Å². The molecule has 0 N–H and O–H groups in total. The third kappa shape index (κ3) is 2.11. The molecule has 1 aliphatic carbocycles. The molecule has 1 aromatic rings. The van der Waals surface area contributed by atoms with Gasteiger partial charge in [-0.1, -0.05) is 0 Å². The topological polar surface area (TPSA) is 52.1 Å². The van der Waals surface area contributed by atoms with Gasteiger partial charge in [-0.15, -0.1) is 5.10 Å². The summed E-state index contributed by atoms with van der Waals surface area (Å²) in [6.45, 7) is 1.92. The summed E-state index contributed by atoms with van der Waals surface area (Å²) >= 11 is 0. The molecule has 1 saturated carbocycles. The fourth-order valence-electron chi connectivity index (χ4n) is 1.32. The first-order valence-corrected chi connectivity index (χ1v) is 4.92. The molecule has 5 heteroatoms. The van der Waals surface area contributed by atoms with Gasteiger partial charge in [0, 0.05) is 12.0 Å². The maximum atomic E-state index is 13.4. The van der Waals surface area contributed by atoms with Gasteiger partial charge in [0.25, 0.3) is 0 Å². The largest absolute Gasteiger partial charge is 0.461 e. The molecule has 1 fully saturated rings. The molecule has 0 radical (unpaired) electrons. The zero-order chi connectivity index (χ0) is 10.8. The van der Waals surface area contributed by atoms with Crippen molar-refractivity contribution in [3.05, 3.63) is 23.3 Å². The molecule has 0 aromatic carbocycles. The number of esters is 1. The van der Waals surface area contributed by atoms with Crippen molar-refractivity contribution >= 4 is 5.97 Å². The normalized spacial score (nSPS) is 15.1. The molecule has 0 bridgehead atoms. The maximum absolute atomic E-state index is 13.4. The highest BCUT2D eigenvalue weighted by Crippen LogP contribution is 2.39. The monoisotopic (exact) mass is 210 g/mol. The molecule has 1 aliphatic rings. The van der Waals surface area contributed by atoms with Crippen molar-refractivity contribution in [2.24, 2.45) is 0 Å². The first-order chi connectivity index (χ1) is 7.22. The van der Waals surface area contributed by atoms with Gasteiger partial charge in [0.1, 0.15) is 11.5 Å². The van der Waals surface area contributed by atoms with Crippen molar-refractivity contribution in [2.75, 3.05) is 6.61 Å². The second kappa shape index (κ2) is 3.92. The Morgan fingerprint density at radius 2 is 2.33 bits per heavy atom. The summed E-state index contributed by atoms with van der Waals surface area (Å²) in [4.78, 5) is 11.2. The zero-order valence-electron chi connectivity index (χ0n) is 8.36. The van der Waals surface area contributed by atoms with E-state index in [1.54, 1.807) is 6.92 Å². The molecule has 0 saturated heterocycles. The number of halogens is 1. The Morgan fingerprint density at radius 1 is 1.60 bits per heavy atom. The number of nitrogens with zero attached hydrogens (tertiary/aromatic N) is 2. The highest BCUT2D eigenvalue weighted by molar-refractivity contribution is 5.86. The summed E-state index contributed by atoms with van der Waals surface area (Å²) in [5, 5.41) is 7.37. The molecule has 0 amide bonds. The van der Waals surface area contributed by atoms with E-state index in [-0.39, 0.29) is 18.2 Å². The predicted molar refractivity (Wildman–Crippen MR) is 49.9 cm³/mol. The average Bonchev–Trinajstić information content (AvgIpc) is 3.01. The zero-order valence-corrected chi connectivity index (χ0v) is 8.36. The van der Waals surface area contributed by atoms with E-state index in [0.717, 1.165) is 18.9 Å². The van der Waals surface area contributed by atoms with Crippen LogP contribution >= 0.6 is 0 Å². The molecule has 80 valence electrons. The number of hydrogen-bond acceptors (Lipinski definition) is 4. The highest BCUT2D eigenvalue weighted by Gasteiger charge is 2.29. The lowest BCUT2D eigenvalue weighted by Gasteiger charge is -2.02. The molecule has 1 aromatic heterocycles. The van der Waals surface area contributed by atoms with Crippen molar-refractivity contribution in [3.8, 4) is 0 Å². The lowest BCUT2D eigenvalue weighted by Crippen LogP contribution is -2.10. The minimum Gasteiger partial charge on any atom is -0.461 e. The van der Waals surface area contributed by atoms with Crippen molar-refractivity contribution in [1.82, 2.24) is 10.2 Å². The average molecular weight is 210 g/mol. The number of carbonyl (C=O) groups is 1. The third-order valence-electron chi connectivity index (χ3n) is 2.22. The molecule has 0 spiro atoms. The van der Waals surface area contributed by atoms with Gasteiger partial charge in [-0.25, -0.2) is 9.18 Å². The second-order valence-electron chi connectivity index (χ2n) is 3.46. The number of rotatable bonds is 3. The molecule has 4 nitrogen and oxygen atoms in total. The minimum atomic E-state index is -0.633. The van der Waals surface area contributed by atoms with Crippen LogP contribution in [0, 0.1) is 5.82 Å². The van der Waals surface area contributed by atoms with Gasteiger partial charge >= 0.3 is 5.97 Å². The Morgan fingerprint density at radius 3 is 2.87 bits per heavy atom. The molecule has 0 atom stereocenters. The molecular weight excluding hydrogens is 199 g/mol. The van der Waals surface area contributed by atoms with Gasteiger partial charge in [0.05, 0.1) is 6.61 Å². The van der Waals surface area contributed by atoms with Crippen molar-refractivity contribution < 1.29 is 13.9 Å². The van der Waals surface area contributed by atoms with Crippen LogP contribution in [0.15, 0.2) is 6.07 Å². The summed E-state index contributed by atoms with van der Waals surface area (Å²) in [6.07, 6.45) is 1.90. The lowest BCUT2D eigenvalue weighted by atomic mass is 10.2. The quantitative estimate of drug-likeness (QED) is 0.712. The van der Waals surface area contributed by atoms with E-state index in [4.69, 9.17) is 4.74 Å². The number of ether oxygens (including phenoxy) is 1. The molecular formula is C10H11FN2O2. The smallest absolute Gasteiger partial charge is 0.358 e. The second-order valence-corrected chi connectivity index (χ2v) is 3.46. The van der Waals surface area contributed by atoms with Crippen molar-refractivity contribution in [2.45, 2.75) is 25.7 Å². The summed E-state index contributed by atoms with van der Waals surface area (Å²) < 4.78 is 18.1. The predicted octanol–water partition coefficient (Wildman–Crippen LogP) is 1.67. The van der Waals surface area contributed by atoms with E-state index < -0.39 is 11.8 Å². The van der Waals surface area contributed by atoms with Crippen molar-refractivity contribution in [1.29, 1.82) is 0 Å². The molecule has 0 unspecified atom stereocenters. The Labute approximate surface area is 86.5 Å². The van der Waals surface area contributed by atoms with E-state index in [1.807, 2.05) is 0 Å². The van der Waals surface area contributed by atoms with Crippen LogP contribution in [0.5, 0.6) is 0 Å². The Hall–Kier alpha value is -1.52. The van der Waals surface area contributed by atoms with Crippen LogP contribution in [-0.4, -0.2) is 22.8 Å². The summed E-state index contributed by atoms with van der Waals surface area (Å²) in [6, 6.07) is 1.10. The van der Waals surface area contributed by atoms with Crippen molar-refractivity contribution in [3.63, 3.8) is 0 Å². The van der Waals surface area contributed by atoms with Crippen LogP contribution in [0.3, 0.4) is 0 Å². The minimum absolute atomic E-state index is 0.0706. The number of carbonyl (C=O) groups excluding carboxylic acids is 1. The fourth-order valence-corrected chi connectivity index (χ4v) is 1.32. The Balaban J connectivity index is 2.20. The Bertz CT molecular complexity index is 391.